The molecule has 1 aliphatic rings. The molecule has 1 aromatic rings. The van der Waals surface area contributed by atoms with Crippen molar-refractivity contribution < 1.29 is 17.9 Å². The van der Waals surface area contributed by atoms with Crippen LogP contribution in [0.5, 0.6) is 11.5 Å². The lowest BCUT2D eigenvalue weighted by Gasteiger charge is -2.05. The van der Waals surface area contributed by atoms with Crippen LogP contribution in [0, 0.1) is 0 Å². The molecule has 2 N–H and O–H groups in total. The van der Waals surface area contributed by atoms with E-state index in [1.54, 1.807) is 24.3 Å². The normalized spacial score (nSPS) is 17.2. The molecule has 0 atom stereocenters. The van der Waals surface area contributed by atoms with Crippen LogP contribution >= 0.6 is 0 Å². The van der Waals surface area contributed by atoms with Crippen LogP contribution in [-0.2, 0) is 9.84 Å². The lowest BCUT2D eigenvalue weighted by Crippen LogP contribution is -2.16. The Bertz CT molecular complexity index is 587. The Labute approximate surface area is 98.3 Å². The summed E-state index contributed by atoms with van der Waals surface area (Å²) in [5.41, 5.74) is 5.29. The molecule has 2 rings (SSSR count). The van der Waals surface area contributed by atoms with E-state index in [1.165, 1.54) is 7.11 Å². The molecule has 0 saturated carbocycles. The van der Waals surface area contributed by atoms with Crippen LogP contribution in [0.4, 0.5) is 0 Å². The molecular formula is C10H10N2O4S. The Kier molecular flexibility index (Phi) is 2.76. The smallest absolute Gasteiger partial charge is 0.321 e. The van der Waals surface area contributed by atoms with E-state index in [0.717, 1.165) is 5.41 Å². The van der Waals surface area contributed by atoms with Crippen molar-refractivity contribution in [2.24, 2.45) is 10.7 Å². The molecule has 6 nitrogen and oxygen atoms in total. The number of benzene rings is 1. The summed E-state index contributed by atoms with van der Waals surface area (Å²) in [6, 6.07) is 6.44. The Hall–Kier alpha value is -2.02. The van der Waals surface area contributed by atoms with E-state index in [2.05, 4.69) is 4.99 Å². The van der Waals surface area contributed by atoms with Gasteiger partial charge < -0.3 is 15.2 Å². The van der Waals surface area contributed by atoms with Crippen LogP contribution in [0.1, 0.15) is 0 Å². The summed E-state index contributed by atoms with van der Waals surface area (Å²) < 4.78 is 33.0. The molecule has 0 amide bonds. The van der Waals surface area contributed by atoms with Crippen LogP contribution in [-0.4, -0.2) is 20.8 Å². The monoisotopic (exact) mass is 254 g/mol. The van der Waals surface area contributed by atoms with Crippen molar-refractivity contribution in [3.63, 3.8) is 0 Å². The van der Waals surface area contributed by atoms with Gasteiger partial charge in [-0.2, -0.15) is 4.99 Å². The summed E-state index contributed by atoms with van der Waals surface area (Å²) >= 11 is 0. The van der Waals surface area contributed by atoms with Gasteiger partial charge in [0.05, 0.1) is 12.5 Å². The number of ether oxygens (including phenoxy) is 2. The largest absolute Gasteiger partial charge is 0.497 e. The summed E-state index contributed by atoms with van der Waals surface area (Å²) in [5.74, 6) is 0.899. The predicted molar refractivity (Wildman–Crippen MR) is 62.2 cm³/mol. The van der Waals surface area contributed by atoms with Gasteiger partial charge in [-0.05, 0) is 24.3 Å². The summed E-state index contributed by atoms with van der Waals surface area (Å²) in [5, 5.41) is 0.437. The average Bonchev–Trinajstić information content (AvgIpc) is 2.53. The molecule has 7 heteroatoms. The van der Waals surface area contributed by atoms with Gasteiger partial charge in [0.25, 0.3) is 9.84 Å². The highest BCUT2D eigenvalue weighted by Gasteiger charge is 2.26. The summed E-state index contributed by atoms with van der Waals surface area (Å²) in [7, 11) is -2.11. The van der Waals surface area contributed by atoms with E-state index in [-0.39, 0.29) is 5.82 Å². The number of sulfone groups is 1. The fourth-order valence-corrected chi connectivity index (χ4v) is 2.15. The van der Waals surface area contributed by atoms with Crippen molar-refractivity contribution in [1.82, 2.24) is 0 Å². The molecule has 0 aliphatic carbocycles. The highest BCUT2D eigenvalue weighted by Crippen LogP contribution is 2.20. The van der Waals surface area contributed by atoms with Crippen molar-refractivity contribution >= 4 is 15.1 Å². The molecule has 0 aromatic heterocycles. The Balaban J connectivity index is 2.20. The van der Waals surface area contributed by atoms with Crippen LogP contribution in [0.2, 0.25) is 0 Å². The minimum Gasteiger partial charge on any atom is -0.497 e. The topological polar surface area (TPSA) is 91.0 Å². The van der Waals surface area contributed by atoms with E-state index in [9.17, 15) is 8.42 Å². The van der Waals surface area contributed by atoms with Crippen molar-refractivity contribution in [1.29, 1.82) is 0 Å². The molecule has 0 bridgehead atoms. The predicted octanol–water partition coefficient (Wildman–Crippen LogP) is 0.616. The molecule has 0 saturated heterocycles. The second-order valence-electron chi connectivity index (χ2n) is 3.24. The quantitative estimate of drug-likeness (QED) is 0.835. The third kappa shape index (κ3) is 2.39. The Morgan fingerprint density at radius 1 is 1.18 bits per heavy atom. The third-order valence-corrected chi connectivity index (χ3v) is 3.22. The van der Waals surface area contributed by atoms with Gasteiger partial charge in [0, 0.05) is 0 Å². The number of aliphatic imine (C=N–C) groups is 1. The van der Waals surface area contributed by atoms with Gasteiger partial charge in [0.1, 0.15) is 17.3 Å². The molecule has 0 unspecified atom stereocenters. The van der Waals surface area contributed by atoms with Crippen LogP contribution < -0.4 is 15.2 Å². The molecule has 0 radical (unpaired) electrons. The lowest BCUT2D eigenvalue weighted by atomic mass is 10.3. The maximum Gasteiger partial charge on any atom is 0.321 e. The summed E-state index contributed by atoms with van der Waals surface area (Å²) in [4.78, 5) is 3.59. The zero-order chi connectivity index (χ0) is 12.5. The first-order chi connectivity index (χ1) is 8.01. The van der Waals surface area contributed by atoms with E-state index in [1.807, 2.05) is 0 Å². The van der Waals surface area contributed by atoms with Gasteiger partial charge >= 0.3 is 5.23 Å². The van der Waals surface area contributed by atoms with Gasteiger partial charge in [-0.3, -0.25) is 0 Å². The van der Waals surface area contributed by atoms with Gasteiger partial charge in [0.2, 0.25) is 0 Å². The number of hydrogen-bond donors (Lipinski definition) is 1. The van der Waals surface area contributed by atoms with Gasteiger partial charge in [-0.15, -0.1) is 0 Å². The van der Waals surface area contributed by atoms with Crippen molar-refractivity contribution in [2.75, 3.05) is 7.11 Å². The molecule has 0 spiro atoms. The Morgan fingerprint density at radius 2 is 1.76 bits per heavy atom. The first-order valence-corrected chi connectivity index (χ1v) is 6.19. The SMILES string of the molecule is COc1ccc(OC2=NC(N)=CS2(=O)=O)cc1. The van der Waals surface area contributed by atoms with Gasteiger partial charge in [-0.25, -0.2) is 8.42 Å². The van der Waals surface area contributed by atoms with E-state index < -0.39 is 15.1 Å². The van der Waals surface area contributed by atoms with E-state index >= 15 is 0 Å². The highest BCUT2D eigenvalue weighted by molar-refractivity contribution is 8.08. The van der Waals surface area contributed by atoms with Crippen LogP contribution in [0.15, 0.2) is 40.5 Å². The first kappa shape index (κ1) is 11.5. The fraction of sp³-hybridized carbons (Fsp3) is 0.100. The van der Waals surface area contributed by atoms with Crippen LogP contribution in [0.25, 0.3) is 0 Å². The van der Waals surface area contributed by atoms with Gasteiger partial charge in [-0.1, -0.05) is 0 Å². The van der Waals surface area contributed by atoms with Crippen molar-refractivity contribution in [3.05, 3.63) is 35.5 Å². The maximum atomic E-state index is 11.5. The lowest BCUT2D eigenvalue weighted by molar-refractivity contribution is 0.414. The number of nitrogens with two attached hydrogens (primary N) is 1. The van der Waals surface area contributed by atoms with E-state index in [0.29, 0.717) is 11.5 Å². The van der Waals surface area contributed by atoms with Gasteiger partial charge in [0.15, 0.2) is 0 Å². The first-order valence-electron chi connectivity index (χ1n) is 4.64. The fourth-order valence-electron chi connectivity index (χ4n) is 1.23. The second-order valence-corrected chi connectivity index (χ2v) is 4.92. The second kappa shape index (κ2) is 4.10. The number of hydrogen-bond acceptors (Lipinski definition) is 6. The van der Waals surface area contributed by atoms with Crippen LogP contribution in [0.3, 0.4) is 0 Å². The highest BCUT2D eigenvalue weighted by atomic mass is 32.2. The summed E-state index contributed by atoms with van der Waals surface area (Å²) in [6.07, 6.45) is 0. The third-order valence-electron chi connectivity index (χ3n) is 2.00. The standard InChI is InChI=1S/C10H10N2O4S/c1-15-7-2-4-8(5-3-7)16-10-12-9(11)6-17(10,13)14/h2-6H,11H2,1H3. The molecule has 90 valence electrons. The summed E-state index contributed by atoms with van der Waals surface area (Å²) in [6.45, 7) is 0. The zero-order valence-corrected chi connectivity index (χ0v) is 9.77. The molecular weight excluding hydrogens is 244 g/mol. The van der Waals surface area contributed by atoms with E-state index in [4.69, 9.17) is 15.2 Å². The minimum atomic E-state index is -3.64. The number of rotatable bonds is 2. The minimum absolute atomic E-state index is 0.0893. The Morgan fingerprint density at radius 3 is 2.24 bits per heavy atom. The molecule has 1 aliphatic heterocycles. The molecule has 17 heavy (non-hydrogen) atoms. The number of nitrogens with zero attached hydrogens (tertiary/aromatic N) is 1. The van der Waals surface area contributed by atoms with Crippen molar-refractivity contribution in [3.8, 4) is 11.5 Å². The maximum absolute atomic E-state index is 11.5. The molecule has 1 heterocycles. The number of methoxy groups -OCH3 is 1. The zero-order valence-electron chi connectivity index (χ0n) is 8.95. The average molecular weight is 254 g/mol. The molecule has 0 fully saturated rings. The molecule has 1 aromatic carbocycles. The van der Waals surface area contributed by atoms with Crippen molar-refractivity contribution in [2.45, 2.75) is 0 Å².